The Hall–Kier alpha value is -0.450. The number of likely N-dealkylation sites (N-methyl/N-ethyl adjacent to an activating group) is 1. The van der Waals surface area contributed by atoms with Crippen molar-refractivity contribution in [2.45, 2.75) is 38.8 Å². The minimum Gasteiger partial charge on any atom is -0.374 e. The molecule has 0 aromatic heterocycles. The van der Waals surface area contributed by atoms with Crippen molar-refractivity contribution in [1.29, 1.82) is 0 Å². The normalized spacial score (nSPS) is 32.9. The van der Waals surface area contributed by atoms with Gasteiger partial charge in [0.1, 0.15) is 5.78 Å². The van der Waals surface area contributed by atoms with Gasteiger partial charge in [0, 0.05) is 45.1 Å². The van der Waals surface area contributed by atoms with Gasteiger partial charge in [-0.15, -0.1) is 0 Å². The van der Waals surface area contributed by atoms with E-state index in [0.717, 1.165) is 39.3 Å². The molecular weight excluding hydrogens is 216 g/mol. The van der Waals surface area contributed by atoms with Gasteiger partial charge in [0.2, 0.25) is 0 Å². The second-order valence-electron chi connectivity index (χ2n) is 5.22. The first-order chi connectivity index (χ1) is 8.19. The second kappa shape index (κ2) is 5.94. The third-order valence-electron chi connectivity index (χ3n) is 3.93. The van der Waals surface area contributed by atoms with E-state index in [-0.39, 0.29) is 0 Å². The van der Waals surface area contributed by atoms with Crippen molar-refractivity contribution >= 4 is 5.78 Å². The van der Waals surface area contributed by atoms with Gasteiger partial charge in [0.25, 0.3) is 0 Å². The van der Waals surface area contributed by atoms with Crippen LogP contribution in [0.5, 0.6) is 0 Å². The summed E-state index contributed by atoms with van der Waals surface area (Å²) in [6.07, 6.45) is 1.75. The van der Waals surface area contributed by atoms with E-state index in [2.05, 4.69) is 23.6 Å². The summed E-state index contributed by atoms with van der Waals surface area (Å²) in [5.41, 5.74) is 0. The summed E-state index contributed by atoms with van der Waals surface area (Å²) >= 11 is 0. The van der Waals surface area contributed by atoms with Gasteiger partial charge in [0.15, 0.2) is 0 Å². The van der Waals surface area contributed by atoms with Crippen LogP contribution in [0.2, 0.25) is 0 Å². The third kappa shape index (κ3) is 3.50. The van der Waals surface area contributed by atoms with Gasteiger partial charge in [-0.2, -0.15) is 0 Å². The Balaban J connectivity index is 1.81. The van der Waals surface area contributed by atoms with Crippen LogP contribution in [-0.4, -0.2) is 67.1 Å². The number of Topliss-reactive ketones (excluding diaryl/α,β-unsaturated/α-hetero) is 1. The number of carbonyl (C=O) groups is 1. The molecule has 2 heterocycles. The molecule has 2 fully saturated rings. The van der Waals surface area contributed by atoms with E-state index in [9.17, 15) is 4.79 Å². The van der Waals surface area contributed by atoms with E-state index in [1.165, 1.54) is 0 Å². The number of ketones is 1. The van der Waals surface area contributed by atoms with Gasteiger partial charge < -0.3 is 4.74 Å². The van der Waals surface area contributed by atoms with E-state index in [1.807, 2.05) is 0 Å². The largest absolute Gasteiger partial charge is 0.374 e. The first-order valence-corrected chi connectivity index (χ1v) is 6.78. The van der Waals surface area contributed by atoms with Crippen LogP contribution in [0.15, 0.2) is 0 Å². The molecule has 0 spiro atoms. The Morgan fingerprint density at radius 3 is 2.94 bits per heavy atom. The standard InChI is InChI=1S/C13H24N2O2/c1-3-14-6-7-17-13(9-14)10-15-5-4-12(16)8-11(15)2/h11,13H,3-10H2,1-2H3. The van der Waals surface area contributed by atoms with Crippen LogP contribution < -0.4 is 0 Å². The number of ether oxygens (including phenoxy) is 1. The molecule has 4 nitrogen and oxygen atoms in total. The molecule has 0 saturated carbocycles. The molecule has 17 heavy (non-hydrogen) atoms. The fourth-order valence-electron chi connectivity index (χ4n) is 2.76. The fraction of sp³-hybridized carbons (Fsp3) is 0.923. The van der Waals surface area contributed by atoms with Crippen LogP contribution in [0.4, 0.5) is 0 Å². The van der Waals surface area contributed by atoms with Gasteiger partial charge >= 0.3 is 0 Å². The number of rotatable bonds is 3. The fourth-order valence-corrected chi connectivity index (χ4v) is 2.76. The van der Waals surface area contributed by atoms with Crippen LogP contribution >= 0.6 is 0 Å². The zero-order valence-electron chi connectivity index (χ0n) is 11.0. The zero-order valence-corrected chi connectivity index (χ0v) is 11.0. The third-order valence-corrected chi connectivity index (χ3v) is 3.93. The van der Waals surface area contributed by atoms with Gasteiger partial charge in [-0.25, -0.2) is 0 Å². The van der Waals surface area contributed by atoms with Gasteiger partial charge in [-0.3, -0.25) is 14.6 Å². The quantitative estimate of drug-likeness (QED) is 0.729. The molecular formula is C13H24N2O2. The highest BCUT2D eigenvalue weighted by Gasteiger charge is 2.28. The molecule has 0 aliphatic carbocycles. The molecule has 2 aliphatic rings. The lowest BCUT2D eigenvalue weighted by Gasteiger charge is -2.38. The summed E-state index contributed by atoms with van der Waals surface area (Å²) < 4.78 is 5.82. The number of nitrogens with zero attached hydrogens (tertiary/aromatic N) is 2. The average Bonchev–Trinajstić information content (AvgIpc) is 2.33. The van der Waals surface area contributed by atoms with Crippen LogP contribution in [0.1, 0.15) is 26.7 Å². The molecule has 2 unspecified atom stereocenters. The molecule has 0 radical (unpaired) electrons. The first kappa shape index (κ1) is 13.0. The number of hydrogen-bond donors (Lipinski definition) is 0. The monoisotopic (exact) mass is 240 g/mol. The second-order valence-corrected chi connectivity index (χ2v) is 5.22. The van der Waals surface area contributed by atoms with Crippen molar-refractivity contribution in [2.24, 2.45) is 0 Å². The maximum absolute atomic E-state index is 11.3. The Morgan fingerprint density at radius 2 is 2.24 bits per heavy atom. The Morgan fingerprint density at radius 1 is 1.41 bits per heavy atom. The highest BCUT2D eigenvalue weighted by molar-refractivity contribution is 5.79. The molecule has 0 N–H and O–H groups in total. The Bertz CT molecular complexity index is 270. The maximum atomic E-state index is 11.3. The predicted molar refractivity (Wildman–Crippen MR) is 67.1 cm³/mol. The number of morpholine rings is 1. The van der Waals surface area contributed by atoms with E-state index in [1.54, 1.807) is 0 Å². The summed E-state index contributed by atoms with van der Waals surface area (Å²) in [5.74, 6) is 0.411. The topological polar surface area (TPSA) is 32.8 Å². The SMILES string of the molecule is CCN1CCOC(CN2CCC(=O)CC2C)C1. The highest BCUT2D eigenvalue weighted by Crippen LogP contribution is 2.16. The van der Waals surface area contributed by atoms with E-state index in [4.69, 9.17) is 4.74 Å². The highest BCUT2D eigenvalue weighted by atomic mass is 16.5. The number of piperidine rings is 1. The lowest BCUT2D eigenvalue weighted by atomic mass is 10.0. The first-order valence-electron chi connectivity index (χ1n) is 6.78. The van der Waals surface area contributed by atoms with Crippen LogP contribution in [0, 0.1) is 0 Å². The molecule has 2 atom stereocenters. The van der Waals surface area contributed by atoms with Gasteiger partial charge in [-0.1, -0.05) is 6.92 Å². The summed E-state index contributed by atoms with van der Waals surface area (Å²) in [5, 5.41) is 0. The summed E-state index contributed by atoms with van der Waals surface area (Å²) in [7, 11) is 0. The summed E-state index contributed by atoms with van der Waals surface area (Å²) in [6, 6.07) is 0.386. The van der Waals surface area contributed by atoms with Crippen LogP contribution in [-0.2, 0) is 9.53 Å². The minimum atomic E-state index is 0.319. The number of carbonyl (C=O) groups excluding carboxylic acids is 1. The van der Waals surface area contributed by atoms with Crippen molar-refractivity contribution in [1.82, 2.24) is 9.80 Å². The molecule has 0 aromatic rings. The molecule has 0 aromatic carbocycles. The lowest BCUT2D eigenvalue weighted by Crippen LogP contribution is -2.51. The van der Waals surface area contributed by atoms with Crippen LogP contribution in [0.25, 0.3) is 0 Å². The van der Waals surface area contributed by atoms with Crippen molar-refractivity contribution in [3.63, 3.8) is 0 Å². The molecule has 4 heteroatoms. The maximum Gasteiger partial charge on any atom is 0.135 e. The molecule has 2 aliphatic heterocycles. The molecule has 0 amide bonds. The summed E-state index contributed by atoms with van der Waals surface area (Å²) in [6.45, 7) is 10.3. The minimum absolute atomic E-state index is 0.319. The Kier molecular flexibility index (Phi) is 4.54. The van der Waals surface area contributed by atoms with Crippen molar-refractivity contribution in [3.05, 3.63) is 0 Å². The number of hydrogen-bond acceptors (Lipinski definition) is 4. The van der Waals surface area contributed by atoms with E-state index < -0.39 is 0 Å². The summed E-state index contributed by atoms with van der Waals surface area (Å²) in [4.78, 5) is 16.2. The number of likely N-dealkylation sites (tertiary alicyclic amines) is 1. The van der Waals surface area contributed by atoms with E-state index in [0.29, 0.717) is 30.8 Å². The van der Waals surface area contributed by atoms with Gasteiger partial charge in [-0.05, 0) is 13.5 Å². The van der Waals surface area contributed by atoms with Crippen molar-refractivity contribution in [2.75, 3.05) is 39.3 Å². The Labute approximate surface area is 104 Å². The predicted octanol–water partition coefficient (Wildman–Crippen LogP) is 0.760. The molecule has 0 bridgehead atoms. The lowest BCUT2D eigenvalue weighted by molar-refractivity contribution is -0.124. The van der Waals surface area contributed by atoms with Gasteiger partial charge in [0.05, 0.1) is 12.7 Å². The van der Waals surface area contributed by atoms with Crippen LogP contribution in [0.3, 0.4) is 0 Å². The molecule has 98 valence electrons. The molecule has 2 saturated heterocycles. The van der Waals surface area contributed by atoms with Crippen molar-refractivity contribution in [3.8, 4) is 0 Å². The molecule has 2 rings (SSSR count). The van der Waals surface area contributed by atoms with Crippen molar-refractivity contribution < 1.29 is 9.53 Å². The zero-order chi connectivity index (χ0) is 12.3. The smallest absolute Gasteiger partial charge is 0.135 e. The average molecular weight is 240 g/mol. The van der Waals surface area contributed by atoms with E-state index >= 15 is 0 Å².